The smallest absolute Gasteiger partial charge is 0.119 e. The van der Waals surface area contributed by atoms with Crippen LogP contribution in [0.2, 0.25) is 0 Å². The van der Waals surface area contributed by atoms with Crippen molar-refractivity contribution >= 4 is 0 Å². The van der Waals surface area contributed by atoms with Gasteiger partial charge in [0, 0.05) is 12.2 Å². The van der Waals surface area contributed by atoms with E-state index in [-0.39, 0.29) is 11.7 Å². The van der Waals surface area contributed by atoms with Crippen LogP contribution in [0.3, 0.4) is 0 Å². The molecule has 1 saturated heterocycles. The van der Waals surface area contributed by atoms with E-state index in [9.17, 15) is 0 Å². The predicted octanol–water partition coefficient (Wildman–Crippen LogP) is 1.26. The molecule has 4 nitrogen and oxygen atoms in total. The highest BCUT2D eigenvalue weighted by Crippen LogP contribution is 2.36. The molecule has 0 saturated carbocycles. The number of nitrogens with two attached hydrogens (primary N) is 1. The molecule has 1 atom stereocenters. The maximum absolute atomic E-state index is 5.97. The average Bonchev–Trinajstić information content (AvgIpc) is 2.46. The first kappa shape index (κ1) is 20.2. The van der Waals surface area contributed by atoms with E-state index in [4.69, 9.17) is 9.47 Å². The fourth-order valence-corrected chi connectivity index (χ4v) is 4.25. The van der Waals surface area contributed by atoms with Crippen molar-refractivity contribution in [2.75, 3.05) is 33.8 Å². The Labute approximate surface area is 153 Å². The molecule has 1 aliphatic heterocycles. The second kappa shape index (κ2) is 8.52. The van der Waals surface area contributed by atoms with E-state index < -0.39 is 0 Å². The van der Waals surface area contributed by atoms with Gasteiger partial charge in [0.15, 0.2) is 0 Å². The summed E-state index contributed by atoms with van der Waals surface area (Å²) in [7, 11) is 4.52. The molecule has 2 rings (SSSR count). The van der Waals surface area contributed by atoms with E-state index in [2.05, 4.69) is 71.4 Å². The molecule has 0 amide bonds. The first-order chi connectivity index (χ1) is 11.7. The molecular formula is C21H38N2O2+2. The predicted molar refractivity (Wildman–Crippen MR) is 102 cm³/mol. The Hall–Kier alpha value is -1.10. The Balaban J connectivity index is 1.92. The van der Waals surface area contributed by atoms with Crippen LogP contribution in [0.1, 0.15) is 46.1 Å². The molecule has 0 bridgehead atoms. The second-order valence-corrected chi connectivity index (χ2v) is 8.93. The van der Waals surface area contributed by atoms with Gasteiger partial charge in [-0.15, -0.1) is 0 Å². The largest absolute Gasteiger partial charge is 0.491 e. The lowest BCUT2D eigenvalue weighted by Crippen LogP contribution is -3.08. The number of benzene rings is 1. The van der Waals surface area contributed by atoms with Gasteiger partial charge in [0.1, 0.15) is 12.3 Å². The SMILES string of the molecule is CC(C)Oc1ccc(C[NH2+]C[C@]2(C[NH+](C)C)CCOC(C)(C)C2)cc1. The van der Waals surface area contributed by atoms with Crippen LogP contribution in [0.4, 0.5) is 0 Å². The third-order valence-corrected chi connectivity index (χ3v) is 4.91. The topological polar surface area (TPSA) is 39.5 Å². The lowest BCUT2D eigenvalue weighted by atomic mass is 9.73. The van der Waals surface area contributed by atoms with Crippen LogP contribution < -0.4 is 15.0 Å². The summed E-state index contributed by atoms with van der Waals surface area (Å²) in [6.07, 6.45) is 2.53. The molecule has 1 aromatic carbocycles. The Bertz CT molecular complexity index is 525. The van der Waals surface area contributed by atoms with Crippen molar-refractivity contribution in [3.8, 4) is 5.75 Å². The molecule has 142 valence electrons. The summed E-state index contributed by atoms with van der Waals surface area (Å²) in [6.45, 7) is 12.9. The Morgan fingerprint density at radius 2 is 1.88 bits per heavy atom. The lowest BCUT2D eigenvalue weighted by Gasteiger charge is -2.43. The minimum Gasteiger partial charge on any atom is -0.491 e. The van der Waals surface area contributed by atoms with Gasteiger partial charge in [0.2, 0.25) is 0 Å². The van der Waals surface area contributed by atoms with Crippen LogP contribution in [-0.2, 0) is 11.3 Å². The monoisotopic (exact) mass is 350 g/mol. The summed E-state index contributed by atoms with van der Waals surface area (Å²) in [4.78, 5) is 1.53. The molecule has 25 heavy (non-hydrogen) atoms. The van der Waals surface area contributed by atoms with Crippen molar-refractivity contribution in [3.63, 3.8) is 0 Å². The van der Waals surface area contributed by atoms with E-state index in [0.717, 1.165) is 31.9 Å². The summed E-state index contributed by atoms with van der Waals surface area (Å²) >= 11 is 0. The van der Waals surface area contributed by atoms with E-state index in [0.29, 0.717) is 5.41 Å². The maximum atomic E-state index is 5.97. The molecule has 1 aliphatic rings. The highest BCUT2D eigenvalue weighted by atomic mass is 16.5. The molecular weight excluding hydrogens is 312 g/mol. The Morgan fingerprint density at radius 3 is 2.44 bits per heavy atom. The zero-order chi connectivity index (χ0) is 18.5. The van der Waals surface area contributed by atoms with Crippen LogP contribution in [-0.4, -0.2) is 45.5 Å². The van der Waals surface area contributed by atoms with Crippen molar-refractivity contribution in [2.24, 2.45) is 5.41 Å². The Morgan fingerprint density at radius 1 is 1.20 bits per heavy atom. The summed E-state index contributed by atoms with van der Waals surface area (Å²) in [5.74, 6) is 0.956. The zero-order valence-electron chi connectivity index (χ0n) is 17.0. The molecule has 1 heterocycles. The van der Waals surface area contributed by atoms with E-state index >= 15 is 0 Å². The number of ether oxygens (including phenoxy) is 2. The highest BCUT2D eigenvalue weighted by Gasteiger charge is 2.44. The summed E-state index contributed by atoms with van der Waals surface area (Å²) in [5.41, 5.74) is 1.72. The number of hydrogen-bond donors (Lipinski definition) is 2. The summed E-state index contributed by atoms with van der Waals surface area (Å²) < 4.78 is 11.7. The molecule has 4 heteroatoms. The number of nitrogens with one attached hydrogen (secondary N) is 1. The molecule has 1 fully saturated rings. The Kier molecular flexibility index (Phi) is 6.89. The van der Waals surface area contributed by atoms with Crippen molar-refractivity contribution in [1.82, 2.24) is 0 Å². The van der Waals surface area contributed by atoms with Gasteiger partial charge >= 0.3 is 0 Å². The minimum absolute atomic E-state index is 0.00261. The highest BCUT2D eigenvalue weighted by molar-refractivity contribution is 5.26. The third-order valence-electron chi connectivity index (χ3n) is 4.91. The molecule has 0 aliphatic carbocycles. The lowest BCUT2D eigenvalue weighted by molar-refractivity contribution is -0.870. The van der Waals surface area contributed by atoms with Gasteiger partial charge in [-0.2, -0.15) is 0 Å². The fraction of sp³-hybridized carbons (Fsp3) is 0.714. The van der Waals surface area contributed by atoms with Gasteiger partial charge in [-0.05, 0) is 64.8 Å². The van der Waals surface area contributed by atoms with E-state index in [1.807, 2.05) is 0 Å². The van der Waals surface area contributed by atoms with Crippen LogP contribution >= 0.6 is 0 Å². The first-order valence-electron chi connectivity index (χ1n) is 9.70. The van der Waals surface area contributed by atoms with Crippen LogP contribution in [0.5, 0.6) is 5.75 Å². The normalized spacial score (nSPS) is 23.2. The standard InChI is InChI=1S/C21H36N2O2/c1-17(2)25-19-9-7-18(8-10-19)13-22-15-21(16-23(5)6)11-12-24-20(3,4)14-21/h7-10,17,22H,11-16H2,1-6H3/p+2/t21-/m0/s1. The summed E-state index contributed by atoms with van der Waals surface area (Å²) in [6, 6.07) is 8.54. The van der Waals surface area contributed by atoms with Crippen LogP contribution in [0.25, 0.3) is 0 Å². The molecule has 0 radical (unpaired) electrons. The third kappa shape index (κ3) is 6.61. The van der Waals surface area contributed by atoms with Crippen molar-refractivity contribution in [1.29, 1.82) is 0 Å². The van der Waals surface area contributed by atoms with Gasteiger partial charge in [-0.3, -0.25) is 0 Å². The van der Waals surface area contributed by atoms with E-state index in [1.165, 1.54) is 23.4 Å². The van der Waals surface area contributed by atoms with Gasteiger partial charge < -0.3 is 19.7 Å². The number of rotatable bonds is 8. The van der Waals surface area contributed by atoms with Crippen molar-refractivity contribution in [3.05, 3.63) is 29.8 Å². The quantitative estimate of drug-likeness (QED) is 0.741. The number of quaternary nitrogens is 2. The van der Waals surface area contributed by atoms with Crippen molar-refractivity contribution < 1.29 is 19.7 Å². The average molecular weight is 351 g/mol. The minimum atomic E-state index is -0.00261. The van der Waals surface area contributed by atoms with Crippen LogP contribution in [0, 0.1) is 5.41 Å². The van der Waals surface area contributed by atoms with Crippen LogP contribution in [0.15, 0.2) is 24.3 Å². The van der Waals surface area contributed by atoms with Gasteiger partial charge in [0.25, 0.3) is 0 Å². The van der Waals surface area contributed by atoms with Gasteiger partial charge in [-0.1, -0.05) is 0 Å². The maximum Gasteiger partial charge on any atom is 0.119 e. The fourth-order valence-electron chi connectivity index (χ4n) is 4.25. The second-order valence-electron chi connectivity index (χ2n) is 8.93. The number of hydrogen-bond acceptors (Lipinski definition) is 2. The molecule has 1 aromatic rings. The summed E-state index contributed by atoms with van der Waals surface area (Å²) in [5, 5.41) is 2.47. The first-order valence-corrected chi connectivity index (χ1v) is 9.70. The zero-order valence-corrected chi connectivity index (χ0v) is 17.0. The molecule has 0 spiro atoms. The van der Waals surface area contributed by atoms with E-state index in [1.54, 1.807) is 0 Å². The van der Waals surface area contributed by atoms with Gasteiger partial charge in [0.05, 0.1) is 44.3 Å². The molecule has 0 aromatic heterocycles. The van der Waals surface area contributed by atoms with Gasteiger partial charge in [-0.25, -0.2) is 0 Å². The molecule has 0 unspecified atom stereocenters. The molecule has 3 N–H and O–H groups in total. The van der Waals surface area contributed by atoms with Crippen molar-refractivity contribution in [2.45, 2.75) is 58.8 Å².